The lowest BCUT2D eigenvalue weighted by Crippen LogP contribution is -2.11. The van der Waals surface area contributed by atoms with Crippen LogP contribution in [0.2, 0.25) is 0 Å². The fourth-order valence-corrected chi connectivity index (χ4v) is 1.16. The molecule has 0 aliphatic carbocycles. The van der Waals surface area contributed by atoms with E-state index in [0.717, 1.165) is 18.8 Å². The molecule has 1 aromatic carbocycles. The average molecular weight is 205 g/mol. The summed E-state index contributed by atoms with van der Waals surface area (Å²) >= 11 is 0. The van der Waals surface area contributed by atoms with E-state index in [1.807, 2.05) is 18.2 Å². The van der Waals surface area contributed by atoms with Gasteiger partial charge in [0.15, 0.2) is 0 Å². The SMILES string of the molecule is CCNC/C=C/COc1ccc(C)cc1. The minimum atomic E-state index is 0.633. The van der Waals surface area contributed by atoms with Gasteiger partial charge in [-0.2, -0.15) is 0 Å². The van der Waals surface area contributed by atoms with Crippen molar-refractivity contribution in [1.82, 2.24) is 5.32 Å². The molecule has 1 N–H and O–H groups in total. The third-order valence-electron chi connectivity index (χ3n) is 2.05. The van der Waals surface area contributed by atoms with Gasteiger partial charge < -0.3 is 10.1 Å². The number of benzene rings is 1. The molecule has 2 heteroatoms. The Hall–Kier alpha value is -1.28. The summed E-state index contributed by atoms with van der Waals surface area (Å²) in [5, 5.41) is 3.21. The first-order valence-electron chi connectivity index (χ1n) is 5.38. The van der Waals surface area contributed by atoms with Crippen LogP contribution in [-0.2, 0) is 0 Å². The Morgan fingerprint density at radius 1 is 1.20 bits per heavy atom. The zero-order valence-corrected chi connectivity index (χ0v) is 9.49. The van der Waals surface area contributed by atoms with Gasteiger partial charge in [0.2, 0.25) is 0 Å². The van der Waals surface area contributed by atoms with Crippen LogP contribution in [0.4, 0.5) is 0 Å². The van der Waals surface area contributed by atoms with Crippen LogP contribution in [0.25, 0.3) is 0 Å². The molecule has 0 aliphatic rings. The van der Waals surface area contributed by atoms with Crippen LogP contribution in [0.1, 0.15) is 12.5 Å². The fourth-order valence-electron chi connectivity index (χ4n) is 1.16. The number of hydrogen-bond acceptors (Lipinski definition) is 2. The number of rotatable bonds is 6. The Kier molecular flexibility index (Phi) is 5.56. The molecule has 0 bridgehead atoms. The van der Waals surface area contributed by atoms with E-state index >= 15 is 0 Å². The molecule has 0 spiro atoms. The Morgan fingerprint density at radius 2 is 1.93 bits per heavy atom. The number of likely N-dealkylation sites (N-methyl/N-ethyl adjacent to an activating group) is 1. The number of aryl methyl sites for hydroxylation is 1. The maximum atomic E-state index is 5.53. The van der Waals surface area contributed by atoms with Gasteiger partial charge in [-0.25, -0.2) is 0 Å². The molecule has 15 heavy (non-hydrogen) atoms. The van der Waals surface area contributed by atoms with Crippen molar-refractivity contribution >= 4 is 0 Å². The Bertz CT molecular complexity index is 290. The summed E-state index contributed by atoms with van der Waals surface area (Å²) in [4.78, 5) is 0. The van der Waals surface area contributed by atoms with Crippen LogP contribution in [-0.4, -0.2) is 19.7 Å². The molecule has 0 radical (unpaired) electrons. The van der Waals surface area contributed by atoms with Gasteiger partial charge in [0, 0.05) is 6.54 Å². The molecule has 0 saturated carbocycles. The topological polar surface area (TPSA) is 21.3 Å². The van der Waals surface area contributed by atoms with Gasteiger partial charge in [0.25, 0.3) is 0 Å². The van der Waals surface area contributed by atoms with Crippen LogP contribution in [0.5, 0.6) is 5.75 Å². The smallest absolute Gasteiger partial charge is 0.119 e. The fraction of sp³-hybridized carbons (Fsp3) is 0.385. The molecule has 0 atom stereocenters. The van der Waals surface area contributed by atoms with Gasteiger partial charge in [-0.15, -0.1) is 0 Å². The number of nitrogens with one attached hydrogen (secondary N) is 1. The highest BCUT2D eigenvalue weighted by Gasteiger charge is 1.89. The first-order valence-corrected chi connectivity index (χ1v) is 5.38. The minimum absolute atomic E-state index is 0.633. The first-order chi connectivity index (χ1) is 7.33. The standard InChI is InChI=1S/C13H19NO/c1-3-14-10-4-5-11-15-13-8-6-12(2)7-9-13/h4-9,14H,3,10-11H2,1-2H3/b5-4+. The summed E-state index contributed by atoms with van der Waals surface area (Å²) in [5.41, 5.74) is 1.25. The summed E-state index contributed by atoms with van der Waals surface area (Å²) in [6.45, 7) is 6.71. The zero-order valence-electron chi connectivity index (χ0n) is 9.49. The molecule has 0 aromatic heterocycles. The Balaban J connectivity index is 2.20. The van der Waals surface area contributed by atoms with E-state index in [1.165, 1.54) is 5.56 Å². The third-order valence-corrected chi connectivity index (χ3v) is 2.05. The molecule has 82 valence electrons. The highest BCUT2D eigenvalue weighted by molar-refractivity contribution is 5.26. The van der Waals surface area contributed by atoms with Crippen LogP contribution < -0.4 is 10.1 Å². The van der Waals surface area contributed by atoms with Crippen LogP contribution in [0, 0.1) is 6.92 Å². The van der Waals surface area contributed by atoms with Gasteiger partial charge in [-0.05, 0) is 25.6 Å². The van der Waals surface area contributed by atoms with Gasteiger partial charge in [0.05, 0.1) is 0 Å². The van der Waals surface area contributed by atoms with E-state index in [0.29, 0.717) is 6.61 Å². The lowest BCUT2D eigenvalue weighted by atomic mass is 10.2. The largest absolute Gasteiger partial charge is 0.490 e. The summed E-state index contributed by atoms with van der Waals surface area (Å²) < 4.78 is 5.53. The third kappa shape index (κ3) is 5.23. The van der Waals surface area contributed by atoms with Crippen molar-refractivity contribution in [3.8, 4) is 5.75 Å². The molecule has 1 aromatic rings. The lowest BCUT2D eigenvalue weighted by Gasteiger charge is -2.02. The highest BCUT2D eigenvalue weighted by atomic mass is 16.5. The van der Waals surface area contributed by atoms with Crippen molar-refractivity contribution in [2.45, 2.75) is 13.8 Å². The highest BCUT2D eigenvalue weighted by Crippen LogP contribution is 2.10. The van der Waals surface area contributed by atoms with Crippen molar-refractivity contribution in [2.75, 3.05) is 19.7 Å². The van der Waals surface area contributed by atoms with Crippen LogP contribution in [0.15, 0.2) is 36.4 Å². The second-order valence-electron chi connectivity index (χ2n) is 3.40. The van der Waals surface area contributed by atoms with Crippen molar-refractivity contribution in [2.24, 2.45) is 0 Å². The predicted octanol–water partition coefficient (Wildman–Crippen LogP) is 2.54. The average Bonchev–Trinajstić information content (AvgIpc) is 2.26. The summed E-state index contributed by atoms with van der Waals surface area (Å²) in [6.07, 6.45) is 4.11. The van der Waals surface area contributed by atoms with Gasteiger partial charge in [-0.1, -0.05) is 36.8 Å². The quantitative estimate of drug-likeness (QED) is 0.569. The molecule has 0 aliphatic heterocycles. The molecule has 1 rings (SSSR count). The normalized spacial score (nSPS) is 10.8. The van der Waals surface area contributed by atoms with Crippen molar-refractivity contribution < 1.29 is 4.74 Å². The number of ether oxygens (including phenoxy) is 1. The summed E-state index contributed by atoms with van der Waals surface area (Å²) in [5.74, 6) is 0.925. The Labute approximate surface area is 92.0 Å². The van der Waals surface area contributed by atoms with Crippen LogP contribution in [0.3, 0.4) is 0 Å². The second-order valence-corrected chi connectivity index (χ2v) is 3.40. The van der Waals surface area contributed by atoms with Gasteiger partial charge >= 0.3 is 0 Å². The maximum absolute atomic E-state index is 5.53. The predicted molar refractivity (Wildman–Crippen MR) is 64.4 cm³/mol. The molecular formula is C13H19NO. The number of hydrogen-bond donors (Lipinski definition) is 1. The van der Waals surface area contributed by atoms with E-state index < -0.39 is 0 Å². The lowest BCUT2D eigenvalue weighted by molar-refractivity contribution is 0.362. The molecule has 2 nitrogen and oxygen atoms in total. The Morgan fingerprint density at radius 3 is 2.60 bits per heavy atom. The monoisotopic (exact) mass is 205 g/mol. The van der Waals surface area contributed by atoms with E-state index in [9.17, 15) is 0 Å². The first kappa shape index (κ1) is 11.8. The minimum Gasteiger partial charge on any atom is -0.490 e. The maximum Gasteiger partial charge on any atom is 0.119 e. The van der Waals surface area contributed by atoms with Crippen LogP contribution >= 0.6 is 0 Å². The van der Waals surface area contributed by atoms with Crippen molar-refractivity contribution in [1.29, 1.82) is 0 Å². The second kappa shape index (κ2) is 7.07. The van der Waals surface area contributed by atoms with Gasteiger partial charge in [0.1, 0.15) is 12.4 Å². The van der Waals surface area contributed by atoms with E-state index in [4.69, 9.17) is 4.74 Å². The molecule has 0 saturated heterocycles. The van der Waals surface area contributed by atoms with E-state index in [1.54, 1.807) is 0 Å². The summed E-state index contributed by atoms with van der Waals surface area (Å²) in [7, 11) is 0. The zero-order chi connectivity index (χ0) is 10.9. The molecule has 0 fully saturated rings. The summed E-state index contributed by atoms with van der Waals surface area (Å²) in [6, 6.07) is 8.09. The molecular weight excluding hydrogens is 186 g/mol. The van der Waals surface area contributed by atoms with Crippen molar-refractivity contribution in [3.05, 3.63) is 42.0 Å². The van der Waals surface area contributed by atoms with E-state index in [2.05, 4.69) is 37.4 Å². The van der Waals surface area contributed by atoms with E-state index in [-0.39, 0.29) is 0 Å². The van der Waals surface area contributed by atoms with Gasteiger partial charge in [-0.3, -0.25) is 0 Å². The molecule has 0 unspecified atom stereocenters. The molecule has 0 amide bonds. The van der Waals surface area contributed by atoms with Crippen molar-refractivity contribution in [3.63, 3.8) is 0 Å². The molecule has 0 heterocycles.